The highest BCUT2D eigenvalue weighted by molar-refractivity contribution is 7.95. The van der Waals surface area contributed by atoms with E-state index >= 15 is 0 Å². The summed E-state index contributed by atoms with van der Waals surface area (Å²) in [4.78, 5) is 24.0. The van der Waals surface area contributed by atoms with Crippen molar-refractivity contribution in [3.63, 3.8) is 0 Å². The Balaban J connectivity index is 1.48. The van der Waals surface area contributed by atoms with Crippen LogP contribution in [0.1, 0.15) is 21.5 Å². The number of hydrogen-bond acceptors (Lipinski definition) is 5. The van der Waals surface area contributed by atoms with Gasteiger partial charge < -0.3 is 10.1 Å². The molecule has 0 aliphatic heterocycles. The maximum atomic E-state index is 12.2. The lowest BCUT2D eigenvalue weighted by atomic mass is 10.2. The molecule has 3 rings (SSSR count). The Labute approximate surface area is 186 Å². The van der Waals surface area contributed by atoms with Gasteiger partial charge in [0.05, 0.1) is 5.41 Å². The predicted molar refractivity (Wildman–Crippen MR) is 123 cm³/mol. The van der Waals surface area contributed by atoms with Crippen molar-refractivity contribution in [2.45, 2.75) is 6.61 Å². The fraction of sp³-hybridized carbons (Fsp3) is 0.0833. The van der Waals surface area contributed by atoms with E-state index in [-0.39, 0.29) is 18.7 Å². The lowest BCUT2D eigenvalue weighted by Gasteiger charge is -2.08. The molecule has 3 aromatic rings. The van der Waals surface area contributed by atoms with Gasteiger partial charge in [-0.05, 0) is 41.5 Å². The zero-order valence-electron chi connectivity index (χ0n) is 17.1. The highest BCUT2D eigenvalue weighted by Crippen LogP contribution is 2.13. The number of nitrogens with one attached hydrogen (secondary N) is 2. The van der Waals surface area contributed by atoms with Crippen molar-refractivity contribution in [3.8, 4) is 0 Å². The lowest BCUT2D eigenvalue weighted by molar-refractivity contribution is -0.143. The molecule has 0 aromatic heterocycles. The first kappa shape index (κ1) is 22.8. The Bertz CT molecular complexity index is 1180. The van der Waals surface area contributed by atoms with Crippen LogP contribution in [0, 0.1) is 0 Å². The molecule has 0 spiro atoms. The van der Waals surface area contributed by atoms with Crippen LogP contribution in [-0.2, 0) is 26.2 Å². The Morgan fingerprint density at radius 1 is 0.844 bits per heavy atom. The van der Waals surface area contributed by atoms with Gasteiger partial charge in [0.1, 0.15) is 13.2 Å². The number of hydrogen-bond donors (Lipinski definition) is 2. The largest absolute Gasteiger partial charge is 0.460 e. The van der Waals surface area contributed by atoms with E-state index in [0.29, 0.717) is 5.69 Å². The summed E-state index contributed by atoms with van der Waals surface area (Å²) in [6.07, 6.45) is 1.49. The second kappa shape index (κ2) is 10.9. The van der Waals surface area contributed by atoms with Crippen LogP contribution in [-0.4, -0.2) is 26.8 Å². The quantitative estimate of drug-likeness (QED) is 0.485. The van der Waals surface area contributed by atoms with Gasteiger partial charge in [0.2, 0.25) is 0 Å². The molecule has 0 radical (unpaired) electrons. The number of sulfonamides is 1. The molecule has 0 heterocycles. The van der Waals surface area contributed by atoms with Crippen molar-refractivity contribution >= 4 is 33.7 Å². The Hall–Kier alpha value is -3.91. The van der Waals surface area contributed by atoms with E-state index in [9.17, 15) is 18.0 Å². The molecule has 0 aliphatic rings. The molecule has 1 amide bonds. The van der Waals surface area contributed by atoms with Crippen LogP contribution < -0.4 is 10.0 Å². The molecular formula is C24H22N2O5S. The number of benzene rings is 3. The fourth-order valence-electron chi connectivity index (χ4n) is 2.66. The van der Waals surface area contributed by atoms with E-state index in [4.69, 9.17) is 4.74 Å². The van der Waals surface area contributed by atoms with Crippen molar-refractivity contribution < 1.29 is 22.7 Å². The topological polar surface area (TPSA) is 102 Å². The summed E-state index contributed by atoms with van der Waals surface area (Å²) in [6.45, 7) is -0.145. The summed E-state index contributed by atoms with van der Waals surface area (Å²) in [5.74, 6) is -1.03. The molecule has 0 fully saturated rings. The minimum absolute atomic E-state index is 0.128. The average molecular weight is 451 g/mol. The van der Waals surface area contributed by atoms with Gasteiger partial charge in [-0.15, -0.1) is 0 Å². The number of carbonyl (C=O) groups excluding carboxylic acids is 2. The lowest BCUT2D eigenvalue weighted by Crippen LogP contribution is -2.30. The monoisotopic (exact) mass is 450 g/mol. The zero-order valence-corrected chi connectivity index (χ0v) is 17.9. The van der Waals surface area contributed by atoms with E-state index < -0.39 is 21.9 Å². The second-order valence-electron chi connectivity index (χ2n) is 6.77. The van der Waals surface area contributed by atoms with Crippen molar-refractivity contribution in [1.82, 2.24) is 5.32 Å². The van der Waals surface area contributed by atoms with E-state index in [1.165, 1.54) is 30.3 Å². The Morgan fingerprint density at radius 3 is 2.12 bits per heavy atom. The number of amides is 1. The molecule has 0 atom stereocenters. The van der Waals surface area contributed by atoms with Crippen LogP contribution in [0.5, 0.6) is 0 Å². The standard InChI is InChI=1S/C24H22N2O5S/c27-23(31-18-20-9-5-2-6-10-20)17-25-24(28)21-11-13-22(14-12-21)26-32(29,30)16-15-19-7-3-1-4-8-19/h1-16,26H,17-18H2,(H,25,28)/b16-15+. The molecule has 0 saturated heterocycles. The molecule has 7 nitrogen and oxygen atoms in total. The van der Waals surface area contributed by atoms with Crippen molar-refractivity contribution in [2.24, 2.45) is 0 Å². The Morgan fingerprint density at radius 2 is 1.47 bits per heavy atom. The fourth-order valence-corrected chi connectivity index (χ4v) is 3.53. The number of rotatable bonds is 9. The molecule has 0 aliphatic carbocycles. The first-order chi connectivity index (χ1) is 15.4. The smallest absolute Gasteiger partial charge is 0.325 e. The maximum absolute atomic E-state index is 12.2. The van der Waals surface area contributed by atoms with E-state index in [2.05, 4.69) is 10.0 Å². The van der Waals surface area contributed by atoms with E-state index in [0.717, 1.165) is 16.5 Å². The van der Waals surface area contributed by atoms with Crippen LogP contribution in [0.25, 0.3) is 6.08 Å². The summed E-state index contributed by atoms with van der Waals surface area (Å²) in [6, 6.07) is 24.1. The van der Waals surface area contributed by atoms with Crippen molar-refractivity contribution in [3.05, 3.63) is 107 Å². The SMILES string of the molecule is O=C(CNC(=O)c1ccc(NS(=O)(=O)/C=C/c2ccccc2)cc1)OCc1ccccc1. The van der Waals surface area contributed by atoms with Gasteiger partial charge in [-0.25, -0.2) is 8.42 Å². The van der Waals surface area contributed by atoms with Gasteiger partial charge >= 0.3 is 5.97 Å². The van der Waals surface area contributed by atoms with E-state index in [1.807, 2.05) is 48.5 Å². The molecule has 0 bridgehead atoms. The minimum Gasteiger partial charge on any atom is -0.460 e. The van der Waals surface area contributed by atoms with Crippen molar-refractivity contribution in [2.75, 3.05) is 11.3 Å². The van der Waals surface area contributed by atoms with Gasteiger partial charge in [-0.1, -0.05) is 60.7 Å². The highest BCUT2D eigenvalue weighted by Gasteiger charge is 2.11. The van der Waals surface area contributed by atoms with E-state index in [1.54, 1.807) is 12.1 Å². The highest BCUT2D eigenvalue weighted by atomic mass is 32.2. The summed E-state index contributed by atoms with van der Waals surface area (Å²) in [5.41, 5.74) is 2.20. The van der Waals surface area contributed by atoms with Crippen LogP contribution in [0.4, 0.5) is 5.69 Å². The summed E-state index contributed by atoms with van der Waals surface area (Å²) in [7, 11) is -3.71. The molecule has 164 valence electrons. The van der Waals surface area contributed by atoms with Gasteiger partial charge in [0.25, 0.3) is 15.9 Å². The summed E-state index contributed by atoms with van der Waals surface area (Å²) in [5, 5.41) is 3.55. The third kappa shape index (κ3) is 7.41. The van der Waals surface area contributed by atoms with Crippen molar-refractivity contribution in [1.29, 1.82) is 0 Å². The Kier molecular flexibility index (Phi) is 7.77. The van der Waals surface area contributed by atoms with Crippen LogP contribution in [0.15, 0.2) is 90.3 Å². The molecular weight excluding hydrogens is 428 g/mol. The number of carbonyl (C=O) groups is 2. The second-order valence-corrected chi connectivity index (χ2v) is 8.33. The van der Waals surface area contributed by atoms with Crippen LogP contribution >= 0.6 is 0 Å². The van der Waals surface area contributed by atoms with Crippen LogP contribution in [0.2, 0.25) is 0 Å². The molecule has 3 aromatic carbocycles. The molecule has 8 heteroatoms. The molecule has 0 saturated carbocycles. The van der Waals surface area contributed by atoms with Gasteiger partial charge in [-0.3, -0.25) is 14.3 Å². The third-order valence-corrected chi connectivity index (χ3v) is 5.30. The average Bonchev–Trinajstić information content (AvgIpc) is 2.81. The van der Waals surface area contributed by atoms with Crippen LogP contribution in [0.3, 0.4) is 0 Å². The first-order valence-corrected chi connectivity index (χ1v) is 11.3. The summed E-state index contributed by atoms with van der Waals surface area (Å²) >= 11 is 0. The maximum Gasteiger partial charge on any atom is 0.325 e. The van der Waals surface area contributed by atoms with Gasteiger partial charge in [-0.2, -0.15) is 0 Å². The third-order valence-electron chi connectivity index (χ3n) is 4.28. The minimum atomic E-state index is -3.71. The van der Waals surface area contributed by atoms with Gasteiger partial charge in [0.15, 0.2) is 0 Å². The first-order valence-electron chi connectivity index (χ1n) is 9.75. The normalized spacial score (nSPS) is 11.1. The number of anilines is 1. The zero-order chi connectivity index (χ0) is 22.8. The summed E-state index contributed by atoms with van der Waals surface area (Å²) < 4.78 is 31.9. The number of ether oxygens (including phenoxy) is 1. The number of esters is 1. The molecule has 32 heavy (non-hydrogen) atoms. The predicted octanol–water partition coefficient (Wildman–Crippen LogP) is 3.57. The van der Waals surface area contributed by atoms with Gasteiger partial charge in [0, 0.05) is 11.3 Å². The molecule has 0 unspecified atom stereocenters. The molecule has 2 N–H and O–H groups in total.